The van der Waals surface area contributed by atoms with Crippen LogP contribution in [-0.4, -0.2) is 91.0 Å². The third-order valence-corrected chi connectivity index (χ3v) is 19.1. The van der Waals surface area contributed by atoms with Crippen molar-refractivity contribution in [1.29, 1.82) is 0 Å². The van der Waals surface area contributed by atoms with Crippen LogP contribution in [0.1, 0.15) is 110 Å². The highest BCUT2D eigenvalue weighted by Gasteiger charge is 2.69. The van der Waals surface area contributed by atoms with Gasteiger partial charge in [0.1, 0.15) is 36.0 Å². The zero-order valence-electron chi connectivity index (χ0n) is 42.2. The van der Waals surface area contributed by atoms with Gasteiger partial charge in [-0.25, -0.2) is 9.18 Å². The number of aliphatic hydroxyl groups is 1. The molecule has 1 fully saturated rings. The minimum absolute atomic E-state index is 0.0214. The summed E-state index contributed by atoms with van der Waals surface area (Å²) < 4.78 is 50.8. The van der Waals surface area contributed by atoms with Gasteiger partial charge in [-0.05, 0) is 94.5 Å². The van der Waals surface area contributed by atoms with Crippen LogP contribution in [0.4, 0.5) is 14.9 Å². The van der Waals surface area contributed by atoms with Gasteiger partial charge in [0.2, 0.25) is 11.6 Å². The molecule has 1 saturated carbocycles. The number of Topliss-reactive ketones (excluding diaryl/α,β-unsaturated/α-hetero) is 2. The first kappa shape index (κ1) is 50.5. The Hall–Kier alpha value is -5.87. The van der Waals surface area contributed by atoms with Gasteiger partial charge in [0.15, 0.2) is 25.4 Å². The number of fused-ring (bicyclic) bond motifs is 5. The van der Waals surface area contributed by atoms with E-state index >= 15 is 14.0 Å². The van der Waals surface area contributed by atoms with Crippen LogP contribution in [0.25, 0.3) is 5.76 Å². The number of halogens is 1. The van der Waals surface area contributed by atoms with Gasteiger partial charge in [-0.2, -0.15) is 0 Å². The van der Waals surface area contributed by atoms with Crippen LogP contribution >= 0.6 is 0 Å². The maximum absolute atomic E-state index is 18.2. The van der Waals surface area contributed by atoms with Gasteiger partial charge in [0.25, 0.3) is 5.88 Å². The number of aromatic nitrogens is 1. The number of ether oxygens (including phenoxy) is 3. The molecule has 0 saturated heterocycles. The van der Waals surface area contributed by atoms with Crippen LogP contribution in [0.5, 0.6) is 11.6 Å². The van der Waals surface area contributed by atoms with E-state index in [-0.39, 0.29) is 83.5 Å². The second-order valence-electron chi connectivity index (χ2n) is 21.7. The molecule has 3 aliphatic carbocycles. The molecule has 13 nitrogen and oxygen atoms in total. The number of ketones is 2. The van der Waals surface area contributed by atoms with Crippen molar-refractivity contribution in [3.05, 3.63) is 137 Å². The van der Waals surface area contributed by atoms with E-state index in [9.17, 15) is 9.90 Å². The van der Waals surface area contributed by atoms with Crippen LogP contribution in [0, 0.1) is 17.7 Å². The monoisotopic (exact) mass is 974 g/mol. The molecule has 1 aliphatic heterocycles. The molecule has 372 valence electrons. The number of nitrogens with zero attached hydrogens (tertiary/aromatic N) is 4. The Bertz CT molecular complexity index is 2710. The number of carbonyl (C=O) groups excluding carboxylic acids is 3. The number of rotatable bonds is 14. The van der Waals surface area contributed by atoms with Gasteiger partial charge in [0, 0.05) is 48.3 Å². The lowest BCUT2D eigenvalue weighted by Crippen LogP contribution is -2.68. The molecule has 1 unspecified atom stereocenters. The number of aliphatic hydroxyl groups excluding tert-OH is 1. The molecule has 1 N–H and O–H groups in total. The van der Waals surface area contributed by atoms with Gasteiger partial charge < -0.3 is 33.2 Å². The van der Waals surface area contributed by atoms with Crippen LogP contribution in [0.15, 0.2) is 96.1 Å². The molecular weight excluding hydrogens is 908 g/mol. The van der Waals surface area contributed by atoms with Crippen molar-refractivity contribution in [3.63, 3.8) is 0 Å². The zero-order valence-corrected chi connectivity index (χ0v) is 43.2. The number of carbonyl (C=O) groups is 3. The van der Waals surface area contributed by atoms with Gasteiger partial charge in [-0.3, -0.25) is 19.4 Å². The molecule has 70 heavy (non-hydrogen) atoms. The number of anilines is 1. The normalized spacial score (nSPS) is 22.2. The minimum atomic E-state index is -3.13. The summed E-state index contributed by atoms with van der Waals surface area (Å²) >= 11 is 0. The van der Waals surface area contributed by atoms with Crippen molar-refractivity contribution < 1.29 is 47.0 Å². The van der Waals surface area contributed by atoms with Crippen molar-refractivity contribution in [2.24, 2.45) is 11.8 Å². The first-order valence-electron chi connectivity index (χ1n) is 24.1. The van der Waals surface area contributed by atoms with Gasteiger partial charge in [-0.1, -0.05) is 93.6 Å². The van der Waals surface area contributed by atoms with Crippen molar-refractivity contribution >= 4 is 37.4 Å². The summed E-state index contributed by atoms with van der Waals surface area (Å²) in [4.78, 5) is 52.1. The number of hydrogen-bond acceptors (Lipinski definition) is 12. The molecule has 4 aromatic rings. The lowest BCUT2D eigenvalue weighted by molar-refractivity contribution is -0.141. The Balaban J connectivity index is 1.40. The van der Waals surface area contributed by atoms with E-state index < -0.39 is 77.7 Å². The predicted molar refractivity (Wildman–Crippen MR) is 269 cm³/mol. The molecule has 0 radical (unpaired) electrons. The van der Waals surface area contributed by atoms with Crippen LogP contribution in [-0.2, 0) is 33.6 Å². The largest absolute Gasteiger partial charge is 0.507 e. The minimum Gasteiger partial charge on any atom is -0.507 e. The van der Waals surface area contributed by atoms with E-state index in [0.717, 1.165) is 11.1 Å². The molecule has 0 spiro atoms. The van der Waals surface area contributed by atoms with E-state index in [4.69, 9.17) is 23.2 Å². The first-order valence-corrected chi connectivity index (χ1v) is 27.0. The molecule has 1 amide bonds. The number of amides is 1. The van der Waals surface area contributed by atoms with Crippen LogP contribution in [0.3, 0.4) is 0 Å². The standard InChI is InChI=1S/C55H67FN4O9Si/c1-13-26-59(27-14-2)44-37-30-35-29-36-40(47(65-31-33-21-17-15-18-22-33)45-41(43(36)56)38(58(9)10)25-28-60(45)52(64)67-53(3,4)5)46(61)39(35)49(62)55(37,69-70(11,12)54(6,7)8)50(63)42-48(44)68-57-51(42)66-32-34-23-19-16-20-24-34/h13-24,35,37-38,44,61H,1-2,25-32H2,3-12H3/t35-,37-,38?,44-,55-/m0/s1. The van der Waals surface area contributed by atoms with Gasteiger partial charge in [0.05, 0.1) is 17.3 Å². The fourth-order valence-electron chi connectivity index (χ4n) is 10.5. The third kappa shape index (κ3) is 8.83. The van der Waals surface area contributed by atoms with E-state index in [0.29, 0.717) is 19.5 Å². The van der Waals surface area contributed by atoms with Crippen LogP contribution in [0.2, 0.25) is 18.1 Å². The average molecular weight is 975 g/mol. The van der Waals surface area contributed by atoms with Crippen molar-refractivity contribution in [1.82, 2.24) is 15.0 Å². The van der Waals surface area contributed by atoms with E-state index in [1.54, 1.807) is 32.9 Å². The summed E-state index contributed by atoms with van der Waals surface area (Å²) in [6, 6.07) is 17.5. The van der Waals surface area contributed by atoms with Gasteiger partial charge in [-0.15, -0.1) is 13.2 Å². The summed E-state index contributed by atoms with van der Waals surface area (Å²) in [5, 5.41) is 17.0. The quantitative estimate of drug-likeness (QED) is 0.0729. The summed E-state index contributed by atoms with van der Waals surface area (Å²) in [6.07, 6.45) is 3.17. The zero-order chi connectivity index (χ0) is 50.7. The Morgan fingerprint density at radius 3 is 2.10 bits per heavy atom. The maximum Gasteiger partial charge on any atom is 0.414 e. The summed E-state index contributed by atoms with van der Waals surface area (Å²) in [5.41, 5.74) is -1.24. The number of benzene rings is 3. The lowest BCUT2D eigenvalue weighted by atomic mass is 9.57. The Morgan fingerprint density at radius 1 is 0.943 bits per heavy atom. The van der Waals surface area contributed by atoms with Crippen molar-refractivity contribution in [2.75, 3.05) is 38.6 Å². The summed E-state index contributed by atoms with van der Waals surface area (Å²) in [6.45, 7) is 24.2. The molecule has 8 rings (SSSR count). The summed E-state index contributed by atoms with van der Waals surface area (Å²) in [7, 11) is 0.580. The first-order chi connectivity index (χ1) is 33.1. The Labute approximate surface area is 412 Å². The second kappa shape index (κ2) is 19.0. The Kier molecular flexibility index (Phi) is 13.7. The predicted octanol–water partition coefficient (Wildman–Crippen LogP) is 11.1. The Morgan fingerprint density at radius 2 is 1.54 bits per heavy atom. The SMILES string of the molecule is C=CCN(CC=C)[C@@H]1c2onc(OCc3ccccc3)c2C(=O)[C@@]2(O[Si](C)(C)C(C)(C)C)C(=O)C3=C(O)c4c(c(F)c5c(c4OCc4ccccc4)N(C(=O)OC(C)(C)C)CCC5N(C)C)C[C@H]3C[C@@H]12. The highest BCUT2D eigenvalue weighted by molar-refractivity contribution is 6.74. The summed E-state index contributed by atoms with van der Waals surface area (Å²) in [5.74, 6) is -4.17. The highest BCUT2D eigenvalue weighted by atomic mass is 28.4. The highest BCUT2D eigenvalue weighted by Crippen LogP contribution is 2.61. The third-order valence-electron chi connectivity index (χ3n) is 14.6. The average Bonchev–Trinajstić information content (AvgIpc) is 3.72. The molecule has 0 bridgehead atoms. The molecule has 2 heterocycles. The molecule has 4 aliphatic rings. The molecule has 15 heteroatoms. The lowest BCUT2D eigenvalue weighted by Gasteiger charge is -2.55. The van der Waals surface area contributed by atoms with Crippen molar-refractivity contribution in [3.8, 4) is 11.6 Å². The fraction of sp³-hybridized carbons (Fsp3) is 0.455. The second-order valence-corrected chi connectivity index (χ2v) is 26.4. The molecule has 3 aromatic carbocycles. The smallest absolute Gasteiger partial charge is 0.414 e. The molecule has 5 atom stereocenters. The van der Waals surface area contributed by atoms with E-state index in [2.05, 4.69) is 18.3 Å². The molecule has 1 aromatic heterocycles. The van der Waals surface area contributed by atoms with Crippen molar-refractivity contribution in [2.45, 2.75) is 115 Å². The number of hydrogen-bond donors (Lipinski definition) is 1. The van der Waals surface area contributed by atoms with Crippen LogP contribution < -0.4 is 14.4 Å². The van der Waals surface area contributed by atoms with E-state index in [1.165, 1.54) is 4.90 Å². The topological polar surface area (TPSA) is 144 Å². The van der Waals surface area contributed by atoms with E-state index in [1.807, 2.05) is 118 Å². The fourth-order valence-corrected chi connectivity index (χ4v) is 11.9. The molecular formula is C55H67FN4O9Si. The maximum atomic E-state index is 18.2. The van der Waals surface area contributed by atoms with Gasteiger partial charge >= 0.3 is 6.09 Å².